The maximum Gasteiger partial charge on any atom is 0.416 e. The third-order valence-corrected chi connectivity index (χ3v) is 4.91. The molecule has 1 heterocycles. The molecular formula is C21H24F3N3O. The highest BCUT2D eigenvalue weighted by atomic mass is 19.4. The first-order chi connectivity index (χ1) is 13.3. The van der Waals surface area contributed by atoms with Gasteiger partial charge in [0, 0.05) is 37.6 Å². The van der Waals surface area contributed by atoms with E-state index in [1.807, 2.05) is 12.1 Å². The van der Waals surface area contributed by atoms with Crippen molar-refractivity contribution in [1.82, 2.24) is 4.90 Å². The number of anilines is 2. The van der Waals surface area contributed by atoms with Gasteiger partial charge in [-0.05, 0) is 35.7 Å². The number of amides is 2. The Morgan fingerprint density at radius 3 is 2.32 bits per heavy atom. The number of piperazine rings is 1. The largest absolute Gasteiger partial charge is 0.416 e. The highest BCUT2D eigenvalue weighted by Crippen LogP contribution is 2.31. The third-order valence-electron chi connectivity index (χ3n) is 4.91. The first-order valence-electron chi connectivity index (χ1n) is 9.33. The fourth-order valence-corrected chi connectivity index (χ4v) is 3.39. The highest BCUT2D eigenvalue weighted by Gasteiger charge is 2.30. The predicted octanol–water partition coefficient (Wildman–Crippen LogP) is 5.18. The van der Waals surface area contributed by atoms with Crippen molar-refractivity contribution >= 4 is 17.4 Å². The van der Waals surface area contributed by atoms with Crippen molar-refractivity contribution in [2.45, 2.75) is 25.9 Å². The Hall–Kier alpha value is -2.70. The minimum Gasteiger partial charge on any atom is -0.368 e. The number of alkyl halides is 3. The lowest BCUT2D eigenvalue weighted by molar-refractivity contribution is -0.137. The van der Waals surface area contributed by atoms with E-state index in [1.54, 1.807) is 4.90 Å². The van der Waals surface area contributed by atoms with Gasteiger partial charge in [-0.2, -0.15) is 13.2 Å². The summed E-state index contributed by atoms with van der Waals surface area (Å²) < 4.78 is 38.5. The van der Waals surface area contributed by atoms with Gasteiger partial charge in [0.2, 0.25) is 0 Å². The molecule has 3 rings (SSSR count). The second-order valence-electron chi connectivity index (χ2n) is 7.20. The predicted molar refractivity (Wildman–Crippen MR) is 105 cm³/mol. The molecule has 150 valence electrons. The zero-order chi connectivity index (χ0) is 20.3. The van der Waals surface area contributed by atoms with E-state index >= 15 is 0 Å². The van der Waals surface area contributed by atoms with Crippen LogP contribution in [0.15, 0.2) is 48.5 Å². The van der Waals surface area contributed by atoms with E-state index in [1.165, 1.54) is 23.4 Å². The number of urea groups is 1. The van der Waals surface area contributed by atoms with Crippen LogP contribution in [0.5, 0.6) is 0 Å². The fraction of sp³-hybridized carbons (Fsp3) is 0.381. The van der Waals surface area contributed by atoms with Gasteiger partial charge in [0.05, 0.1) is 5.56 Å². The molecular weight excluding hydrogens is 367 g/mol. The van der Waals surface area contributed by atoms with Gasteiger partial charge in [-0.25, -0.2) is 4.79 Å². The van der Waals surface area contributed by atoms with Crippen LogP contribution in [-0.4, -0.2) is 37.1 Å². The second-order valence-corrected chi connectivity index (χ2v) is 7.20. The Bertz CT molecular complexity index is 828. The molecule has 0 atom stereocenters. The summed E-state index contributed by atoms with van der Waals surface area (Å²) in [6, 6.07) is 12.6. The SMILES string of the molecule is CC(C)c1ccccc1N1CCN(C(=O)Nc2cccc(C(F)(F)F)c2)CC1. The molecule has 0 unspecified atom stereocenters. The van der Waals surface area contributed by atoms with E-state index in [9.17, 15) is 18.0 Å². The van der Waals surface area contributed by atoms with Crippen LogP contribution in [0.3, 0.4) is 0 Å². The van der Waals surface area contributed by atoms with Gasteiger partial charge in [-0.15, -0.1) is 0 Å². The van der Waals surface area contributed by atoms with Crippen molar-refractivity contribution in [2.24, 2.45) is 0 Å². The molecule has 1 aliphatic rings. The Morgan fingerprint density at radius 1 is 1.00 bits per heavy atom. The smallest absolute Gasteiger partial charge is 0.368 e. The lowest BCUT2D eigenvalue weighted by Crippen LogP contribution is -2.50. The van der Waals surface area contributed by atoms with Gasteiger partial charge in [0.1, 0.15) is 0 Å². The van der Waals surface area contributed by atoms with Crippen LogP contribution < -0.4 is 10.2 Å². The summed E-state index contributed by atoms with van der Waals surface area (Å²) in [6.07, 6.45) is -4.43. The number of benzene rings is 2. The van der Waals surface area contributed by atoms with Crippen LogP contribution in [0.2, 0.25) is 0 Å². The van der Waals surface area contributed by atoms with E-state index in [0.717, 1.165) is 12.1 Å². The maximum absolute atomic E-state index is 12.8. The van der Waals surface area contributed by atoms with Crippen molar-refractivity contribution in [2.75, 3.05) is 36.4 Å². The number of rotatable bonds is 3. The zero-order valence-corrected chi connectivity index (χ0v) is 16.0. The lowest BCUT2D eigenvalue weighted by atomic mass is 10.00. The monoisotopic (exact) mass is 391 g/mol. The molecule has 2 amide bonds. The number of nitrogens with one attached hydrogen (secondary N) is 1. The molecule has 2 aromatic rings. The molecule has 1 N–H and O–H groups in total. The molecule has 7 heteroatoms. The molecule has 0 aliphatic carbocycles. The zero-order valence-electron chi connectivity index (χ0n) is 16.0. The first kappa shape index (κ1) is 20.0. The standard InChI is InChI=1S/C21H24F3N3O/c1-15(2)18-8-3-4-9-19(18)26-10-12-27(13-11-26)20(28)25-17-7-5-6-16(14-17)21(22,23)24/h3-9,14-15H,10-13H2,1-2H3,(H,25,28). The van der Waals surface area contributed by atoms with Crippen molar-refractivity contribution < 1.29 is 18.0 Å². The number of halogens is 3. The van der Waals surface area contributed by atoms with Gasteiger partial charge < -0.3 is 15.1 Å². The molecule has 28 heavy (non-hydrogen) atoms. The van der Waals surface area contributed by atoms with Crippen molar-refractivity contribution in [3.05, 3.63) is 59.7 Å². The minimum absolute atomic E-state index is 0.146. The van der Waals surface area contributed by atoms with Crippen LogP contribution in [0.25, 0.3) is 0 Å². The van der Waals surface area contributed by atoms with Crippen LogP contribution in [0, 0.1) is 0 Å². The fourth-order valence-electron chi connectivity index (χ4n) is 3.39. The molecule has 0 saturated carbocycles. The molecule has 1 fully saturated rings. The first-order valence-corrected chi connectivity index (χ1v) is 9.33. The van der Waals surface area contributed by atoms with Crippen LogP contribution >= 0.6 is 0 Å². The van der Waals surface area contributed by atoms with Crippen LogP contribution in [0.1, 0.15) is 30.9 Å². The summed E-state index contributed by atoms with van der Waals surface area (Å²) in [4.78, 5) is 16.3. The topological polar surface area (TPSA) is 35.6 Å². The van der Waals surface area contributed by atoms with Gasteiger partial charge >= 0.3 is 12.2 Å². The molecule has 0 bridgehead atoms. The van der Waals surface area contributed by atoms with Gasteiger partial charge in [0.25, 0.3) is 0 Å². The molecule has 1 aliphatic heterocycles. The van der Waals surface area contributed by atoms with E-state index in [-0.39, 0.29) is 11.7 Å². The molecule has 0 radical (unpaired) electrons. The molecule has 2 aromatic carbocycles. The summed E-state index contributed by atoms with van der Waals surface area (Å²) in [5, 5.41) is 2.58. The molecule has 4 nitrogen and oxygen atoms in total. The Balaban J connectivity index is 1.62. The Labute approximate surface area is 162 Å². The summed E-state index contributed by atoms with van der Waals surface area (Å²) in [7, 11) is 0. The van der Waals surface area contributed by atoms with Gasteiger partial charge in [-0.1, -0.05) is 38.1 Å². The van der Waals surface area contributed by atoms with E-state index in [4.69, 9.17) is 0 Å². The summed E-state index contributed by atoms with van der Waals surface area (Å²) in [6.45, 7) is 6.68. The van der Waals surface area contributed by atoms with Crippen LogP contribution in [0.4, 0.5) is 29.3 Å². The summed E-state index contributed by atoms with van der Waals surface area (Å²) >= 11 is 0. The Kier molecular flexibility index (Phi) is 5.82. The van der Waals surface area contributed by atoms with E-state index < -0.39 is 11.7 Å². The van der Waals surface area contributed by atoms with Crippen molar-refractivity contribution in [3.63, 3.8) is 0 Å². The average Bonchev–Trinajstić information content (AvgIpc) is 2.67. The van der Waals surface area contributed by atoms with Gasteiger partial charge in [-0.3, -0.25) is 0 Å². The molecule has 0 aromatic heterocycles. The van der Waals surface area contributed by atoms with Crippen molar-refractivity contribution in [1.29, 1.82) is 0 Å². The average molecular weight is 391 g/mol. The second kappa shape index (κ2) is 8.12. The van der Waals surface area contributed by atoms with E-state index in [0.29, 0.717) is 32.1 Å². The van der Waals surface area contributed by atoms with Crippen LogP contribution in [-0.2, 0) is 6.18 Å². The summed E-state index contributed by atoms with van der Waals surface area (Å²) in [5.41, 5.74) is 1.81. The number of hydrogen-bond donors (Lipinski definition) is 1. The molecule has 0 spiro atoms. The number of para-hydroxylation sites is 1. The van der Waals surface area contributed by atoms with E-state index in [2.05, 4.69) is 36.2 Å². The number of nitrogens with zero attached hydrogens (tertiary/aromatic N) is 2. The normalized spacial score (nSPS) is 15.1. The van der Waals surface area contributed by atoms with Crippen molar-refractivity contribution in [3.8, 4) is 0 Å². The highest BCUT2D eigenvalue weighted by molar-refractivity contribution is 5.89. The molecule has 1 saturated heterocycles. The quantitative estimate of drug-likeness (QED) is 0.782. The number of carbonyl (C=O) groups is 1. The lowest BCUT2D eigenvalue weighted by Gasteiger charge is -2.37. The number of hydrogen-bond acceptors (Lipinski definition) is 2. The summed E-state index contributed by atoms with van der Waals surface area (Å²) in [5.74, 6) is 0.401. The Morgan fingerprint density at radius 2 is 1.68 bits per heavy atom. The number of carbonyl (C=O) groups excluding carboxylic acids is 1. The third kappa shape index (κ3) is 4.58. The maximum atomic E-state index is 12.8. The minimum atomic E-state index is -4.43. The van der Waals surface area contributed by atoms with Gasteiger partial charge in [0.15, 0.2) is 0 Å².